The van der Waals surface area contributed by atoms with Gasteiger partial charge in [0.25, 0.3) is 0 Å². The summed E-state index contributed by atoms with van der Waals surface area (Å²) in [7, 11) is -3.49. The van der Waals surface area contributed by atoms with Crippen molar-refractivity contribution in [3.8, 4) is 0 Å². The van der Waals surface area contributed by atoms with Crippen molar-refractivity contribution in [2.45, 2.75) is 38.5 Å². The molecular weight excluding hydrogens is 408 g/mol. The number of ether oxygens (including phenoxy) is 1. The minimum Gasteiger partial charge on any atom is -0.379 e. The topological polar surface area (TPSA) is 82.7 Å². The Hall–Kier alpha value is -1.68. The van der Waals surface area contributed by atoms with E-state index in [4.69, 9.17) is 17.0 Å². The molecule has 1 saturated heterocycles. The van der Waals surface area contributed by atoms with Crippen LogP contribution in [0.3, 0.4) is 0 Å². The van der Waals surface area contributed by atoms with Crippen LogP contribution in [-0.2, 0) is 14.8 Å². The quantitative estimate of drug-likeness (QED) is 0.482. The molecule has 0 saturated carbocycles. The molecule has 0 spiro atoms. The monoisotopic (exact) mass is 438 g/mol. The van der Waals surface area contributed by atoms with Crippen molar-refractivity contribution in [2.75, 3.05) is 31.6 Å². The molecule has 1 aliphatic carbocycles. The zero-order valence-corrected chi connectivity index (χ0v) is 18.8. The molecule has 0 unspecified atom stereocenters. The van der Waals surface area contributed by atoms with Crippen molar-refractivity contribution in [3.63, 3.8) is 0 Å². The van der Waals surface area contributed by atoms with Gasteiger partial charge in [0.2, 0.25) is 10.0 Å². The Kier molecular flexibility index (Phi) is 6.83. The fourth-order valence-corrected chi connectivity index (χ4v) is 5.54. The lowest BCUT2D eigenvalue weighted by molar-refractivity contribution is 0.0730. The van der Waals surface area contributed by atoms with Gasteiger partial charge in [-0.3, -0.25) is 5.43 Å². The second-order valence-electron chi connectivity index (χ2n) is 8.42. The third-order valence-electron chi connectivity index (χ3n) is 5.06. The molecule has 1 aliphatic heterocycles. The number of morpholine rings is 1. The van der Waals surface area contributed by atoms with Crippen LogP contribution in [0.25, 0.3) is 0 Å². The molecule has 9 heteroatoms. The van der Waals surface area contributed by atoms with Crippen LogP contribution in [0.2, 0.25) is 0 Å². The van der Waals surface area contributed by atoms with Crippen molar-refractivity contribution >= 4 is 33.0 Å². The molecule has 1 atom stereocenters. The van der Waals surface area contributed by atoms with E-state index >= 15 is 0 Å². The van der Waals surface area contributed by atoms with Crippen LogP contribution in [0.1, 0.15) is 33.6 Å². The molecule has 0 bridgehead atoms. The molecule has 3 N–H and O–H groups in total. The second kappa shape index (κ2) is 8.99. The van der Waals surface area contributed by atoms with E-state index in [9.17, 15) is 8.42 Å². The van der Waals surface area contributed by atoms with E-state index in [-0.39, 0.29) is 10.3 Å². The molecule has 2 aliphatic rings. The van der Waals surface area contributed by atoms with Gasteiger partial charge >= 0.3 is 0 Å². The summed E-state index contributed by atoms with van der Waals surface area (Å²) in [6.45, 7) is 8.33. The van der Waals surface area contributed by atoms with Gasteiger partial charge in [-0.1, -0.05) is 26.8 Å². The van der Waals surface area contributed by atoms with Crippen molar-refractivity contribution in [2.24, 2.45) is 11.3 Å². The summed E-state index contributed by atoms with van der Waals surface area (Å²) < 4.78 is 32.0. The van der Waals surface area contributed by atoms with Crippen LogP contribution in [0.5, 0.6) is 0 Å². The molecule has 160 valence electrons. The van der Waals surface area contributed by atoms with Crippen molar-refractivity contribution < 1.29 is 13.2 Å². The van der Waals surface area contributed by atoms with Gasteiger partial charge in [0.1, 0.15) is 0 Å². The fraction of sp³-hybridized carbons (Fsp3) is 0.550. The molecule has 7 nitrogen and oxygen atoms in total. The maximum atomic E-state index is 12.7. The number of allylic oxidation sites excluding steroid dienone is 2. The fourth-order valence-electron chi connectivity index (χ4n) is 3.97. The van der Waals surface area contributed by atoms with E-state index in [1.54, 1.807) is 24.3 Å². The Morgan fingerprint density at radius 1 is 1.21 bits per heavy atom. The number of hydrogen-bond donors (Lipinski definition) is 3. The predicted molar refractivity (Wildman–Crippen MR) is 119 cm³/mol. The largest absolute Gasteiger partial charge is 0.379 e. The lowest BCUT2D eigenvalue weighted by Gasteiger charge is -2.32. The molecule has 1 aromatic carbocycles. The Bertz CT molecular complexity index is 860. The van der Waals surface area contributed by atoms with Gasteiger partial charge in [-0.05, 0) is 60.7 Å². The molecular formula is C20H30N4O3S2. The number of hydrazine groups is 1. The van der Waals surface area contributed by atoms with Gasteiger partial charge in [-0.2, -0.15) is 4.31 Å². The average Bonchev–Trinajstić information content (AvgIpc) is 2.66. The van der Waals surface area contributed by atoms with Gasteiger partial charge in [0.15, 0.2) is 5.11 Å². The molecule has 1 heterocycles. The van der Waals surface area contributed by atoms with Crippen LogP contribution in [0.4, 0.5) is 5.69 Å². The minimum absolute atomic E-state index is 0.165. The highest BCUT2D eigenvalue weighted by molar-refractivity contribution is 7.89. The zero-order valence-electron chi connectivity index (χ0n) is 17.2. The van der Waals surface area contributed by atoms with Crippen LogP contribution in [-0.4, -0.2) is 44.1 Å². The summed E-state index contributed by atoms with van der Waals surface area (Å²) in [5, 5.41) is 3.50. The van der Waals surface area contributed by atoms with Crippen molar-refractivity contribution in [3.05, 3.63) is 36.0 Å². The summed E-state index contributed by atoms with van der Waals surface area (Å²) in [5.41, 5.74) is 8.23. The van der Waals surface area contributed by atoms with Gasteiger partial charge in [0, 0.05) is 24.5 Å². The van der Waals surface area contributed by atoms with E-state index in [0.717, 1.165) is 17.8 Å². The van der Waals surface area contributed by atoms with Gasteiger partial charge < -0.3 is 15.5 Å². The Balaban J connectivity index is 1.55. The van der Waals surface area contributed by atoms with Crippen LogP contribution >= 0.6 is 12.2 Å². The molecule has 3 rings (SSSR count). The maximum Gasteiger partial charge on any atom is 0.243 e. The highest BCUT2D eigenvalue weighted by Gasteiger charge is 2.26. The van der Waals surface area contributed by atoms with Crippen LogP contribution in [0, 0.1) is 11.3 Å². The number of thiocarbonyl (C=S) groups is 1. The van der Waals surface area contributed by atoms with Crippen molar-refractivity contribution in [1.82, 2.24) is 15.2 Å². The lowest BCUT2D eigenvalue weighted by atomic mass is 9.76. The molecule has 0 aromatic heterocycles. The standard InChI is InChI=1S/C20H30N4O3S2/c1-15-12-17(14-20(2,3)13-15)22-23-19(28)21-16-4-6-18(7-5-16)29(25,26)24-8-10-27-11-9-24/h4-7,14-15,22H,8-13H2,1-3H3,(H2,21,23,28)/t15-/m0/s1. The zero-order chi connectivity index (χ0) is 21.1. The molecule has 0 radical (unpaired) electrons. The summed E-state index contributed by atoms with van der Waals surface area (Å²) in [6.07, 6.45) is 4.39. The van der Waals surface area contributed by atoms with E-state index in [0.29, 0.717) is 37.3 Å². The Morgan fingerprint density at radius 3 is 2.48 bits per heavy atom. The summed E-state index contributed by atoms with van der Waals surface area (Å²) in [4.78, 5) is 0.269. The second-order valence-corrected chi connectivity index (χ2v) is 10.8. The normalized spacial score (nSPS) is 22.4. The van der Waals surface area contributed by atoms with E-state index in [1.807, 2.05) is 0 Å². The SMILES string of the molecule is C[C@H]1CC(NNC(=S)Nc2ccc(S(=O)(=O)N3CCOCC3)cc2)=CC(C)(C)C1. The number of benzene rings is 1. The summed E-state index contributed by atoms with van der Waals surface area (Å²) in [6, 6.07) is 6.62. The number of rotatable bonds is 5. The highest BCUT2D eigenvalue weighted by atomic mass is 32.2. The molecule has 0 amide bonds. The van der Waals surface area contributed by atoms with E-state index in [1.165, 1.54) is 10.7 Å². The first-order valence-electron chi connectivity index (χ1n) is 9.88. The first-order valence-corrected chi connectivity index (χ1v) is 11.7. The average molecular weight is 439 g/mol. The molecule has 1 fully saturated rings. The maximum absolute atomic E-state index is 12.7. The van der Waals surface area contributed by atoms with E-state index in [2.05, 4.69) is 43.0 Å². The summed E-state index contributed by atoms with van der Waals surface area (Å²) in [5.74, 6) is 0.613. The minimum atomic E-state index is -3.49. The third-order valence-corrected chi connectivity index (χ3v) is 7.18. The first-order chi connectivity index (χ1) is 13.7. The Morgan fingerprint density at radius 2 is 1.86 bits per heavy atom. The van der Waals surface area contributed by atoms with Gasteiger partial charge in [-0.25, -0.2) is 8.42 Å². The number of nitrogens with one attached hydrogen (secondary N) is 3. The van der Waals surface area contributed by atoms with Crippen LogP contribution < -0.4 is 16.2 Å². The van der Waals surface area contributed by atoms with Crippen molar-refractivity contribution in [1.29, 1.82) is 0 Å². The smallest absolute Gasteiger partial charge is 0.243 e. The molecule has 29 heavy (non-hydrogen) atoms. The number of anilines is 1. The number of nitrogens with zero attached hydrogens (tertiary/aromatic N) is 1. The van der Waals surface area contributed by atoms with Crippen LogP contribution in [0.15, 0.2) is 40.9 Å². The third kappa shape index (κ3) is 5.91. The Labute approximate surface area is 178 Å². The van der Waals surface area contributed by atoms with E-state index < -0.39 is 10.0 Å². The highest BCUT2D eigenvalue weighted by Crippen LogP contribution is 2.35. The number of hydrogen-bond acceptors (Lipinski definition) is 5. The predicted octanol–water partition coefficient (Wildman–Crippen LogP) is 2.84. The van der Waals surface area contributed by atoms with Gasteiger partial charge in [0.05, 0.1) is 18.1 Å². The number of sulfonamides is 1. The first kappa shape index (κ1) is 22.0. The van der Waals surface area contributed by atoms with Gasteiger partial charge in [-0.15, -0.1) is 0 Å². The molecule has 1 aromatic rings. The summed E-state index contributed by atoms with van der Waals surface area (Å²) >= 11 is 5.35. The lowest BCUT2D eigenvalue weighted by Crippen LogP contribution is -2.41.